The molecule has 2 nitrogen and oxygen atoms in total. The van der Waals surface area contributed by atoms with Crippen molar-refractivity contribution < 1.29 is 4.74 Å². The second kappa shape index (κ2) is 6.58. The lowest BCUT2D eigenvalue weighted by Gasteiger charge is -2.26. The first-order valence-corrected chi connectivity index (χ1v) is 7.39. The van der Waals surface area contributed by atoms with E-state index in [0.717, 1.165) is 18.3 Å². The van der Waals surface area contributed by atoms with Crippen molar-refractivity contribution in [2.75, 3.05) is 0 Å². The molecule has 1 aliphatic carbocycles. The van der Waals surface area contributed by atoms with E-state index in [1.165, 1.54) is 30.4 Å². The molecule has 0 radical (unpaired) electrons. The minimum atomic E-state index is 0.626. The molecule has 1 fully saturated rings. The molecule has 0 amide bonds. The van der Waals surface area contributed by atoms with Crippen molar-refractivity contribution in [3.8, 4) is 5.75 Å². The van der Waals surface area contributed by atoms with Gasteiger partial charge in [0.15, 0.2) is 0 Å². The largest absolute Gasteiger partial charge is 0.489 e. The summed E-state index contributed by atoms with van der Waals surface area (Å²) in [7, 11) is 0. The Hall–Kier alpha value is -1.80. The molecule has 104 valence electrons. The fourth-order valence-corrected chi connectivity index (χ4v) is 2.32. The van der Waals surface area contributed by atoms with Crippen LogP contribution in [0.3, 0.4) is 0 Å². The zero-order valence-corrected chi connectivity index (χ0v) is 11.7. The number of nitrogens with one attached hydrogen (secondary N) is 1. The van der Waals surface area contributed by atoms with E-state index in [-0.39, 0.29) is 0 Å². The molecule has 0 bridgehead atoms. The van der Waals surface area contributed by atoms with Gasteiger partial charge in [-0.15, -0.1) is 0 Å². The van der Waals surface area contributed by atoms with Crippen LogP contribution in [0.15, 0.2) is 54.6 Å². The molecule has 1 N–H and O–H groups in total. The van der Waals surface area contributed by atoms with Gasteiger partial charge >= 0.3 is 0 Å². The Bertz CT molecular complexity index is 517. The number of hydrogen-bond donors (Lipinski definition) is 1. The van der Waals surface area contributed by atoms with Crippen LogP contribution in [0.5, 0.6) is 5.75 Å². The van der Waals surface area contributed by atoms with Gasteiger partial charge in [0.1, 0.15) is 12.4 Å². The molecular formula is C18H21NO. The Morgan fingerprint density at radius 1 is 0.900 bits per heavy atom. The molecule has 0 unspecified atom stereocenters. The molecule has 2 aromatic rings. The van der Waals surface area contributed by atoms with E-state index in [1.54, 1.807) is 0 Å². The molecule has 0 aliphatic heterocycles. The Labute approximate surface area is 120 Å². The van der Waals surface area contributed by atoms with Crippen molar-refractivity contribution in [2.24, 2.45) is 0 Å². The summed E-state index contributed by atoms with van der Waals surface area (Å²) in [6.45, 7) is 1.59. The Balaban J connectivity index is 1.48. The van der Waals surface area contributed by atoms with Gasteiger partial charge in [0.25, 0.3) is 0 Å². The van der Waals surface area contributed by atoms with Gasteiger partial charge in [0, 0.05) is 12.6 Å². The van der Waals surface area contributed by atoms with Crippen LogP contribution in [-0.2, 0) is 13.2 Å². The van der Waals surface area contributed by atoms with Crippen molar-refractivity contribution in [3.63, 3.8) is 0 Å². The molecule has 0 spiro atoms. The van der Waals surface area contributed by atoms with E-state index in [9.17, 15) is 0 Å². The van der Waals surface area contributed by atoms with E-state index < -0.39 is 0 Å². The van der Waals surface area contributed by atoms with Gasteiger partial charge in [-0.3, -0.25) is 0 Å². The summed E-state index contributed by atoms with van der Waals surface area (Å²) in [5.74, 6) is 0.932. The lowest BCUT2D eigenvalue weighted by molar-refractivity contribution is 0.306. The predicted octanol–water partition coefficient (Wildman–Crippen LogP) is 3.91. The number of rotatable bonds is 6. The van der Waals surface area contributed by atoms with Gasteiger partial charge in [-0.1, -0.05) is 48.9 Å². The summed E-state index contributed by atoms with van der Waals surface area (Å²) in [5, 5.41) is 3.57. The third-order valence-corrected chi connectivity index (χ3v) is 3.87. The van der Waals surface area contributed by atoms with Crippen LogP contribution in [0.2, 0.25) is 0 Å². The molecule has 0 heterocycles. The quantitative estimate of drug-likeness (QED) is 0.857. The maximum Gasteiger partial charge on any atom is 0.119 e. The second-order valence-electron chi connectivity index (χ2n) is 5.43. The van der Waals surface area contributed by atoms with Crippen LogP contribution >= 0.6 is 0 Å². The highest BCUT2D eigenvalue weighted by molar-refractivity contribution is 5.27. The van der Waals surface area contributed by atoms with Crippen LogP contribution in [0.1, 0.15) is 30.4 Å². The average Bonchev–Trinajstić information content (AvgIpc) is 2.46. The van der Waals surface area contributed by atoms with Crippen LogP contribution in [-0.4, -0.2) is 6.04 Å². The minimum absolute atomic E-state index is 0.626. The fourth-order valence-electron chi connectivity index (χ4n) is 2.32. The molecule has 0 saturated heterocycles. The summed E-state index contributed by atoms with van der Waals surface area (Å²) in [5.41, 5.74) is 2.52. The number of benzene rings is 2. The van der Waals surface area contributed by atoms with Crippen molar-refractivity contribution in [1.29, 1.82) is 0 Å². The van der Waals surface area contributed by atoms with Crippen LogP contribution in [0.4, 0.5) is 0 Å². The molecule has 0 aromatic heterocycles. The van der Waals surface area contributed by atoms with E-state index in [0.29, 0.717) is 6.61 Å². The molecule has 3 rings (SSSR count). The average molecular weight is 267 g/mol. The normalized spacial score (nSPS) is 14.8. The zero-order chi connectivity index (χ0) is 13.6. The lowest BCUT2D eigenvalue weighted by Crippen LogP contribution is -2.34. The Kier molecular flexibility index (Phi) is 4.34. The molecule has 2 aromatic carbocycles. The SMILES string of the molecule is c1ccc(COc2ccc(CNC3CCC3)cc2)cc1. The predicted molar refractivity (Wildman–Crippen MR) is 81.7 cm³/mol. The van der Waals surface area contributed by atoms with E-state index in [2.05, 4.69) is 41.7 Å². The smallest absolute Gasteiger partial charge is 0.119 e. The first-order valence-electron chi connectivity index (χ1n) is 7.39. The minimum Gasteiger partial charge on any atom is -0.489 e. The third-order valence-electron chi connectivity index (χ3n) is 3.87. The second-order valence-corrected chi connectivity index (χ2v) is 5.43. The summed E-state index contributed by atoms with van der Waals surface area (Å²) in [6, 6.07) is 19.4. The van der Waals surface area contributed by atoms with Crippen molar-refractivity contribution >= 4 is 0 Å². The van der Waals surface area contributed by atoms with Gasteiger partial charge in [-0.25, -0.2) is 0 Å². The van der Waals surface area contributed by atoms with Crippen molar-refractivity contribution in [3.05, 3.63) is 65.7 Å². The number of hydrogen-bond acceptors (Lipinski definition) is 2. The van der Waals surface area contributed by atoms with E-state index in [1.807, 2.05) is 18.2 Å². The first kappa shape index (κ1) is 13.2. The topological polar surface area (TPSA) is 21.3 Å². The maximum absolute atomic E-state index is 5.78. The zero-order valence-electron chi connectivity index (χ0n) is 11.7. The van der Waals surface area contributed by atoms with Crippen molar-refractivity contribution in [2.45, 2.75) is 38.5 Å². The lowest BCUT2D eigenvalue weighted by atomic mass is 9.93. The molecule has 20 heavy (non-hydrogen) atoms. The molecule has 2 heteroatoms. The van der Waals surface area contributed by atoms with Crippen LogP contribution < -0.4 is 10.1 Å². The number of ether oxygens (including phenoxy) is 1. The third kappa shape index (κ3) is 3.61. The van der Waals surface area contributed by atoms with Gasteiger partial charge in [0.2, 0.25) is 0 Å². The van der Waals surface area contributed by atoms with E-state index >= 15 is 0 Å². The molecule has 0 atom stereocenters. The molecule has 1 saturated carbocycles. The van der Waals surface area contributed by atoms with Gasteiger partial charge in [-0.2, -0.15) is 0 Å². The Morgan fingerprint density at radius 2 is 1.65 bits per heavy atom. The van der Waals surface area contributed by atoms with E-state index in [4.69, 9.17) is 4.74 Å². The monoisotopic (exact) mass is 267 g/mol. The fraction of sp³-hybridized carbons (Fsp3) is 0.333. The van der Waals surface area contributed by atoms with Gasteiger partial charge in [0.05, 0.1) is 0 Å². The van der Waals surface area contributed by atoms with Crippen molar-refractivity contribution in [1.82, 2.24) is 5.32 Å². The highest BCUT2D eigenvalue weighted by Gasteiger charge is 2.15. The van der Waals surface area contributed by atoms with Gasteiger partial charge in [-0.05, 0) is 36.1 Å². The maximum atomic E-state index is 5.78. The summed E-state index contributed by atoms with van der Waals surface area (Å²) in [4.78, 5) is 0. The highest BCUT2D eigenvalue weighted by Crippen LogP contribution is 2.19. The summed E-state index contributed by atoms with van der Waals surface area (Å²) < 4.78 is 5.78. The van der Waals surface area contributed by atoms with Crippen LogP contribution in [0.25, 0.3) is 0 Å². The Morgan fingerprint density at radius 3 is 2.30 bits per heavy atom. The van der Waals surface area contributed by atoms with Gasteiger partial charge < -0.3 is 10.1 Å². The molecule has 1 aliphatic rings. The summed E-state index contributed by atoms with van der Waals surface area (Å²) >= 11 is 0. The molecular weight excluding hydrogens is 246 g/mol. The summed E-state index contributed by atoms with van der Waals surface area (Å²) in [6.07, 6.45) is 4.04. The standard InChI is InChI=1S/C18H21NO/c1-2-5-16(6-3-1)14-20-18-11-9-15(10-12-18)13-19-17-7-4-8-17/h1-3,5-6,9-12,17,19H,4,7-8,13-14H2. The van der Waals surface area contributed by atoms with Crippen LogP contribution in [0, 0.1) is 0 Å². The highest BCUT2D eigenvalue weighted by atomic mass is 16.5. The first-order chi connectivity index (χ1) is 9.90.